The summed E-state index contributed by atoms with van der Waals surface area (Å²) < 4.78 is 31.9. The second-order valence-electron chi connectivity index (χ2n) is 4.67. The summed E-state index contributed by atoms with van der Waals surface area (Å²) in [4.78, 5) is 11.4. The number of hydrogen-bond acceptors (Lipinski definition) is 5. The van der Waals surface area contributed by atoms with Crippen LogP contribution in [0.5, 0.6) is 0 Å². The molecule has 0 fully saturated rings. The highest BCUT2D eigenvalue weighted by molar-refractivity contribution is 7.89. The number of nitrogens with one attached hydrogen (secondary N) is 2. The van der Waals surface area contributed by atoms with Crippen molar-refractivity contribution in [2.24, 2.45) is 5.84 Å². The van der Waals surface area contributed by atoms with Crippen LogP contribution >= 0.6 is 0 Å². The minimum Gasteiger partial charge on any atom is -0.379 e. The van der Waals surface area contributed by atoms with Gasteiger partial charge in [-0.15, -0.1) is 0 Å². The molecule has 21 heavy (non-hydrogen) atoms. The Morgan fingerprint density at radius 1 is 1.38 bits per heavy atom. The van der Waals surface area contributed by atoms with E-state index in [0.717, 1.165) is 0 Å². The van der Waals surface area contributed by atoms with Gasteiger partial charge in [-0.25, -0.2) is 19.0 Å². The highest BCUT2D eigenvalue weighted by Crippen LogP contribution is 2.11. The number of amides is 1. The molecule has 118 valence electrons. The van der Waals surface area contributed by atoms with Crippen LogP contribution in [-0.2, 0) is 14.8 Å². The average molecular weight is 315 g/mol. The van der Waals surface area contributed by atoms with Crippen LogP contribution in [0.3, 0.4) is 0 Å². The van der Waals surface area contributed by atoms with Crippen LogP contribution in [0.25, 0.3) is 0 Å². The topological polar surface area (TPSA) is 111 Å². The summed E-state index contributed by atoms with van der Waals surface area (Å²) in [6.45, 7) is 4.58. The van der Waals surface area contributed by atoms with E-state index in [0.29, 0.717) is 13.0 Å². The van der Waals surface area contributed by atoms with Crippen molar-refractivity contribution in [3.8, 4) is 0 Å². The molecule has 0 radical (unpaired) electrons. The third kappa shape index (κ3) is 5.80. The van der Waals surface area contributed by atoms with Gasteiger partial charge in [0.25, 0.3) is 5.91 Å². The molecule has 1 aromatic rings. The number of nitrogen functional groups attached to an aromatic ring is 1. The Hall–Kier alpha value is -1.48. The van der Waals surface area contributed by atoms with Gasteiger partial charge < -0.3 is 4.74 Å². The van der Waals surface area contributed by atoms with Crippen molar-refractivity contribution in [2.45, 2.75) is 31.3 Å². The lowest BCUT2D eigenvalue weighted by atomic mass is 10.2. The second kappa shape index (κ2) is 8.08. The maximum absolute atomic E-state index is 12.1. The first kappa shape index (κ1) is 17.6. The molecule has 0 aromatic heterocycles. The number of carbonyl (C=O) groups is 1. The number of hydrogen-bond donors (Lipinski definition) is 3. The van der Waals surface area contributed by atoms with Crippen molar-refractivity contribution < 1.29 is 17.9 Å². The van der Waals surface area contributed by atoms with E-state index >= 15 is 0 Å². The quantitative estimate of drug-likeness (QED) is 0.278. The van der Waals surface area contributed by atoms with Crippen molar-refractivity contribution in [1.82, 2.24) is 10.1 Å². The minimum atomic E-state index is -3.65. The van der Waals surface area contributed by atoms with Gasteiger partial charge in [0, 0.05) is 18.7 Å². The molecule has 1 aromatic carbocycles. The SMILES string of the molecule is CC(C)OCCCNS(=O)(=O)c1cccc(C(=O)NN)c1. The van der Waals surface area contributed by atoms with Crippen LogP contribution < -0.4 is 16.0 Å². The Bertz CT molecular complexity index is 573. The van der Waals surface area contributed by atoms with Gasteiger partial charge in [-0.2, -0.15) is 0 Å². The van der Waals surface area contributed by atoms with Gasteiger partial charge in [-0.3, -0.25) is 10.2 Å². The number of nitrogens with two attached hydrogens (primary N) is 1. The molecule has 0 aliphatic rings. The summed E-state index contributed by atoms with van der Waals surface area (Å²) in [5, 5.41) is 0. The predicted molar refractivity (Wildman–Crippen MR) is 79.0 cm³/mol. The standard InChI is InChI=1S/C13H21N3O4S/c1-10(2)20-8-4-7-15-21(18,19)12-6-3-5-11(9-12)13(17)16-14/h3,5-6,9-10,15H,4,7-8,14H2,1-2H3,(H,16,17). The smallest absolute Gasteiger partial charge is 0.265 e. The molecule has 7 nitrogen and oxygen atoms in total. The first-order chi connectivity index (χ1) is 9.86. The van der Waals surface area contributed by atoms with Crippen LogP contribution in [0.2, 0.25) is 0 Å². The van der Waals surface area contributed by atoms with Crippen LogP contribution in [0.4, 0.5) is 0 Å². The van der Waals surface area contributed by atoms with Gasteiger partial charge >= 0.3 is 0 Å². The van der Waals surface area contributed by atoms with E-state index in [-0.39, 0.29) is 23.1 Å². The van der Waals surface area contributed by atoms with Gasteiger partial charge in [0.05, 0.1) is 11.0 Å². The molecule has 0 heterocycles. The first-order valence-electron chi connectivity index (χ1n) is 6.59. The first-order valence-corrected chi connectivity index (χ1v) is 8.07. The molecular formula is C13H21N3O4S. The Kier molecular flexibility index (Phi) is 6.76. The maximum atomic E-state index is 12.1. The molecule has 0 aliphatic heterocycles. The fourth-order valence-corrected chi connectivity index (χ4v) is 2.69. The zero-order chi connectivity index (χ0) is 15.9. The molecule has 0 atom stereocenters. The van der Waals surface area contributed by atoms with E-state index in [4.69, 9.17) is 10.6 Å². The molecule has 0 bridgehead atoms. The van der Waals surface area contributed by atoms with Crippen molar-refractivity contribution in [3.05, 3.63) is 29.8 Å². The number of hydrazine groups is 1. The van der Waals surface area contributed by atoms with E-state index in [1.165, 1.54) is 24.3 Å². The van der Waals surface area contributed by atoms with Crippen LogP contribution in [-0.4, -0.2) is 33.6 Å². The minimum absolute atomic E-state index is 0.0216. The Balaban J connectivity index is 2.64. The van der Waals surface area contributed by atoms with E-state index in [2.05, 4.69) is 4.72 Å². The molecule has 8 heteroatoms. The van der Waals surface area contributed by atoms with Gasteiger partial charge in [0.1, 0.15) is 0 Å². The normalized spacial score (nSPS) is 11.6. The fraction of sp³-hybridized carbons (Fsp3) is 0.462. The lowest BCUT2D eigenvalue weighted by Crippen LogP contribution is -2.30. The lowest BCUT2D eigenvalue weighted by molar-refractivity contribution is 0.0778. The maximum Gasteiger partial charge on any atom is 0.265 e. The van der Waals surface area contributed by atoms with Gasteiger partial charge in [-0.05, 0) is 38.5 Å². The Labute approximate surface area is 124 Å². The van der Waals surface area contributed by atoms with Gasteiger partial charge in [0.15, 0.2) is 0 Å². The molecule has 0 saturated heterocycles. The molecule has 1 amide bonds. The van der Waals surface area contributed by atoms with Crippen LogP contribution in [0, 0.1) is 0 Å². The van der Waals surface area contributed by atoms with E-state index in [1.807, 2.05) is 19.3 Å². The van der Waals surface area contributed by atoms with E-state index < -0.39 is 15.9 Å². The number of rotatable bonds is 8. The van der Waals surface area contributed by atoms with Crippen molar-refractivity contribution >= 4 is 15.9 Å². The Morgan fingerprint density at radius 2 is 2.10 bits per heavy atom. The molecule has 0 aliphatic carbocycles. The van der Waals surface area contributed by atoms with Crippen LogP contribution in [0.15, 0.2) is 29.2 Å². The number of benzene rings is 1. The highest BCUT2D eigenvalue weighted by Gasteiger charge is 2.15. The molecule has 0 saturated carbocycles. The third-order valence-electron chi connectivity index (χ3n) is 2.60. The van der Waals surface area contributed by atoms with E-state index in [9.17, 15) is 13.2 Å². The molecular weight excluding hydrogens is 294 g/mol. The van der Waals surface area contributed by atoms with Crippen molar-refractivity contribution in [1.29, 1.82) is 0 Å². The molecule has 0 unspecified atom stereocenters. The fourth-order valence-electron chi connectivity index (χ4n) is 1.57. The van der Waals surface area contributed by atoms with Gasteiger partial charge in [-0.1, -0.05) is 6.07 Å². The monoisotopic (exact) mass is 315 g/mol. The van der Waals surface area contributed by atoms with E-state index in [1.54, 1.807) is 0 Å². The molecule has 0 spiro atoms. The zero-order valence-electron chi connectivity index (χ0n) is 12.1. The van der Waals surface area contributed by atoms with Crippen molar-refractivity contribution in [3.63, 3.8) is 0 Å². The number of sulfonamides is 1. The summed E-state index contributed by atoms with van der Waals surface area (Å²) in [6.07, 6.45) is 0.688. The zero-order valence-corrected chi connectivity index (χ0v) is 12.9. The second-order valence-corrected chi connectivity index (χ2v) is 6.44. The van der Waals surface area contributed by atoms with Gasteiger partial charge in [0.2, 0.25) is 10.0 Å². The average Bonchev–Trinajstić information content (AvgIpc) is 2.45. The summed E-state index contributed by atoms with van der Waals surface area (Å²) >= 11 is 0. The third-order valence-corrected chi connectivity index (χ3v) is 4.06. The number of carbonyl (C=O) groups excluding carboxylic acids is 1. The number of ether oxygens (including phenoxy) is 1. The lowest BCUT2D eigenvalue weighted by Gasteiger charge is -2.09. The summed E-state index contributed by atoms with van der Waals surface area (Å²) in [5.74, 6) is 4.48. The summed E-state index contributed by atoms with van der Waals surface area (Å²) in [5.41, 5.74) is 2.14. The highest BCUT2D eigenvalue weighted by atomic mass is 32.2. The molecule has 4 N–H and O–H groups in total. The van der Waals surface area contributed by atoms with Crippen LogP contribution in [0.1, 0.15) is 30.6 Å². The summed E-state index contributed by atoms with van der Waals surface area (Å²) in [6, 6.07) is 5.66. The summed E-state index contributed by atoms with van der Waals surface area (Å²) in [7, 11) is -3.65. The largest absolute Gasteiger partial charge is 0.379 e. The molecule has 1 rings (SSSR count). The van der Waals surface area contributed by atoms with Crippen molar-refractivity contribution in [2.75, 3.05) is 13.2 Å². The Morgan fingerprint density at radius 3 is 2.71 bits per heavy atom. The predicted octanol–water partition coefficient (Wildman–Crippen LogP) is 0.384.